The molecule has 0 saturated heterocycles. The molecule has 0 fully saturated rings. The summed E-state index contributed by atoms with van der Waals surface area (Å²) >= 11 is 0. The molecule has 2 amide bonds. The van der Waals surface area contributed by atoms with Gasteiger partial charge in [-0.3, -0.25) is 14.4 Å². The number of benzene rings is 1. The lowest BCUT2D eigenvalue weighted by atomic mass is 10.1. The summed E-state index contributed by atoms with van der Waals surface area (Å²) in [7, 11) is 1.47. The van der Waals surface area contributed by atoms with Crippen LogP contribution in [0.3, 0.4) is 0 Å². The van der Waals surface area contributed by atoms with Gasteiger partial charge in [-0.25, -0.2) is 0 Å². The van der Waals surface area contributed by atoms with E-state index in [1.165, 1.54) is 18.1 Å². The fourth-order valence-corrected chi connectivity index (χ4v) is 1.93. The highest BCUT2D eigenvalue weighted by molar-refractivity contribution is 6.00. The van der Waals surface area contributed by atoms with Crippen LogP contribution in [0.1, 0.15) is 34.1 Å². The number of hydrogen-bond donors (Lipinski definition) is 2. The van der Waals surface area contributed by atoms with E-state index in [9.17, 15) is 14.4 Å². The van der Waals surface area contributed by atoms with Gasteiger partial charge < -0.3 is 20.1 Å². The van der Waals surface area contributed by atoms with E-state index >= 15 is 0 Å². The van der Waals surface area contributed by atoms with E-state index < -0.39 is 18.4 Å². The maximum Gasteiger partial charge on any atom is 0.323 e. The minimum absolute atomic E-state index is 0.161. The molecule has 0 radical (unpaired) electrons. The standard InChI is InChI=1S/C16H22N2O5/c1-3-7-17-15(21)12-5-4-6-13(10-12)16(22)18(8-9-23-2)11-14(19)20/h4-6,10H,3,7-9,11H2,1-2H3,(H,17,21)(H,19,20). The third-order valence-corrected chi connectivity index (χ3v) is 3.09. The minimum Gasteiger partial charge on any atom is -0.480 e. The Morgan fingerprint density at radius 2 is 1.96 bits per heavy atom. The molecule has 7 heteroatoms. The monoisotopic (exact) mass is 322 g/mol. The summed E-state index contributed by atoms with van der Waals surface area (Å²) in [5.41, 5.74) is 0.637. The first kappa shape index (κ1) is 18.6. The zero-order valence-corrected chi connectivity index (χ0v) is 13.4. The average molecular weight is 322 g/mol. The van der Waals surface area contributed by atoms with Crippen LogP contribution in [0.5, 0.6) is 0 Å². The van der Waals surface area contributed by atoms with Crippen LogP contribution in [-0.2, 0) is 9.53 Å². The number of methoxy groups -OCH3 is 1. The number of hydrogen-bond acceptors (Lipinski definition) is 4. The zero-order chi connectivity index (χ0) is 17.2. The number of ether oxygens (including phenoxy) is 1. The van der Waals surface area contributed by atoms with Gasteiger partial charge in [-0.1, -0.05) is 13.0 Å². The normalized spacial score (nSPS) is 10.2. The van der Waals surface area contributed by atoms with Gasteiger partial charge >= 0.3 is 5.97 Å². The van der Waals surface area contributed by atoms with Crippen LogP contribution in [0.4, 0.5) is 0 Å². The molecule has 1 rings (SSSR count). The molecule has 0 heterocycles. The van der Waals surface area contributed by atoms with Crippen molar-refractivity contribution >= 4 is 17.8 Å². The number of carboxylic acids is 1. The number of amides is 2. The van der Waals surface area contributed by atoms with Gasteiger partial charge in [0, 0.05) is 31.3 Å². The maximum absolute atomic E-state index is 12.5. The first-order valence-electron chi connectivity index (χ1n) is 7.37. The molecule has 0 aromatic heterocycles. The van der Waals surface area contributed by atoms with Crippen LogP contribution in [0, 0.1) is 0 Å². The second kappa shape index (κ2) is 9.58. The molecule has 0 bridgehead atoms. The van der Waals surface area contributed by atoms with Gasteiger partial charge in [-0.15, -0.1) is 0 Å². The van der Waals surface area contributed by atoms with Gasteiger partial charge in [0.2, 0.25) is 0 Å². The van der Waals surface area contributed by atoms with E-state index in [0.29, 0.717) is 12.1 Å². The zero-order valence-electron chi connectivity index (χ0n) is 13.4. The minimum atomic E-state index is -1.11. The van der Waals surface area contributed by atoms with E-state index in [1.807, 2.05) is 6.92 Å². The van der Waals surface area contributed by atoms with Gasteiger partial charge in [0.25, 0.3) is 11.8 Å². The van der Waals surface area contributed by atoms with Gasteiger partial charge in [-0.2, -0.15) is 0 Å². The van der Waals surface area contributed by atoms with Crippen molar-refractivity contribution in [2.75, 3.05) is 33.4 Å². The third kappa shape index (κ3) is 6.07. The predicted molar refractivity (Wildman–Crippen MR) is 84.5 cm³/mol. The van der Waals surface area contributed by atoms with Crippen molar-refractivity contribution in [2.45, 2.75) is 13.3 Å². The number of carbonyl (C=O) groups excluding carboxylic acids is 2. The predicted octanol–water partition coefficient (Wildman–Crippen LogP) is 1.000. The second-order valence-corrected chi connectivity index (χ2v) is 4.95. The summed E-state index contributed by atoms with van der Waals surface area (Å²) in [5.74, 6) is -1.82. The highest BCUT2D eigenvalue weighted by Crippen LogP contribution is 2.09. The molecule has 2 N–H and O–H groups in total. The summed E-state index contributed by atoms with van der Waals surface area (Å²) in [6.45, 7) is 2.47. The summed E-state index contributed by atoms with van der Waals surface area (Å²) in [6, 6.07) is 6.23. The van der Waals surface area contributed by atoms with Gasteiger partial charge in [0.15, 0.2) is 0 Å². The smallest absolute Gasteiger partial charge is 0.323 e. The molecule has 1 aromatic rings. The fraction of sp³-hybridized carbons (Fsp3) is 0.438. The molecule has 126 valence electrons. The van der Waals surface area contributed by atoms with Crippen molar-refractivity contribution in [3.63, 3.8) is 0 Å². The molecule has 0 aliphatic rings. The van der Waals surface area contributed by atoms with Crippen LogP contribution in [0.25, 0.3) is 0 Å². The number of rotatable bonds is 9. The van der Waals surface area contributed by atoms with Crippen LogP contribution < -0.4 is 5.32 Å². The SMILES string of the molecule is CCCNC(=O)c1cccc(C(=O)N(CCOC)CC(=O)O)c1. The van der Waals surface area contributed by atoms with Crippen LogP contribution in [-0.4, -0.2) is 61.1 Å². The van der Waals surface area contributed by atoms with Gasteiger partial charge in [-0.05, 0) is 24.6 Å². The number of carboxylic acid groups (broad SMARTS) is 1. The van der Waals surface area contributed by atoms with Gasteiger partial charge in [0.1, 0.15) is 6.54 Å². The molecule has 0 saturated carbocycles. The van der Waals surface area contributed by atoms with Crippen molar-refractivity contribution in [3.05, 3.63) is 35.4 Å². The first-order valence-corrected chi connectivity index (χ1v) is 7.37. The Labute approximate surface area is 135 Å². The molecule has 0 aliphatic carbocycles. The summed E-state index contributed by atoms with van der Waals surface area (Å²) < 4.78 is 4.90. The summed E-state index contributed by atoms with van der Waals surface area (Å²) in [6.07, 6.45) is 0.813. The first-order chi connectivity index (χ1) is 11.0. The van der Waals surface area contributed by atoms with E-state index in [0.717, 1.165) is 6.42 Å². The summed E-state index contributed by atoms with van der Waals surface area (Å²) in [5, 5.41) is 11.7. The molecule has 0 spiro atoms. The average Bonchev–Trinajstić information content (AvgIpc) is 2.55. The van der Waals surface area contributed by atoms with Crippen molar-refractivity contribution in [2.24, 2.45) is 0 Å². The highest BCUT2D eigenvalue weighted by atomic mass is 16.5. The van der Waals surface area contributed by atoms with E-state index in [2.05, 4.69) is 5.32 Å². The van der Waals surface area contributed by atoms with Crippen LogP contribution in [0.2, 0.25) is 0 Å². The quantitative estimate of drug-likeness (QED) is 0.707. The second-order valence-electron chi connectivity index (χ2n) is 4.95. The Kier molecular flexibility index (Phi) is 7.76. The molecule has 0 atom stereocenters. The van der Waals surface area contributed by atoms with Crippen molar-refractivity contribution in [3.8, 4) is 0 Å². The third-order valence-electron chi connectivity index (χ3n) is 3.09. The molecule has 0 unspecified atom stereocenters. The number of carbonyl (C=O) groups is 3. The Bertz CT molecular complexity index is 559. The Balaban J connectivity index is 2.91. The number of aliphatic carboxylic acids is 1. The highest BCUT2D eigenvalue weighted by Gasteiger charge is 2.19. The molecular weight excluding hydrogens is 300 g/mol. The van der Waals surface area contributed by atoms with E-state index in [1.54, 1.807) is 18.2 Å². The maximum atomic E-state index is 12.5. The van der Waals surface area contributed by atoms with Crippen LogP contribution in [0.15, 0.2) is 24.3 Å². The van der Waals surface area contributed by atoms with Crippen molar-refractivity contribution in [1.29, 1.82) is 0 Å². The summed E-state index contributed by atoms with van der Waals surface area (Å²) in [4.78, 5) is 36.5. The topological polar surface area (TPSA) is 95.9 Å². The molecule has 1 aromatic carbocycles. The molecule has 0 aliphatic heterocycles. The van der Waals surface area contributed by atoms with Gasteiger partial charge in [0.05, 0.1) is 6.61 Å². The fourth-order valence-electron chi connectivity index (χ4n) is 1.93. The largest absolute Gasteiger partial charge is 0.480 e. The van der Waals surface area contributed by atoms with Crippen LogP contribution >= 0.6 is 0 Å². The lowest BCUT2D eigenvalue weighted by Crippen LogP contribution is -2.38. The number of nitrogens with one attached hydrogen (secondary N) is 1. The molecule has 7 nitrogen and oxygen atoms in total. The molecule has 23 heavy (non-hydrogen) atoms. The molecular formula is C16H22N2O5. The van der Waals surface area contributed by atoms with E-state index in [4.69, 9.17) is 9.84 Å². The lowest BCUT2D eigenvalue weighted by molar-refractivity contribution is -0.137. The Morgan fingerprint density at radius 1 is 1.26 bits per heavy atom. The van der Waals surface area contributed by atoms with Crippen molar-refractivity contribution in [1.82, 2.24) is 10.2 Å². The number of nitrogens with zero attached hydrogens (tertiary/aromatic N) is 1. The Morgan fingerprint density at radius 3 is 2.57 bits per heavy atom. The Hall–Kier alpha value is -2.41. The van der Waals surface area contributed by atoms with E-state index in [-0.39, 0.29) is 24.6 Å². The van der Waals surface area contributed by atoms with Crippen molar-refractivity contribution < 1.29 is 24.2 Å². The lowest BCUT2D eigenvalue weighted by Gasteiger charge is -2.20.